The Morgan fingerprint density at radius 2 is 1.83 bits per heavy atom. The van der Waals surface area contributed by atoms with Crippen LogP contribution in [0.2, 0.25) is 10.0 Å². The van der Waals surface area contributed by atoms with Gasteiger partial charge in [0.1, 0.15) is 10.7 Å². The van der Waals surface area contributed by atoms with E-state index >= 15 is 0 Å². The minimum Gasteiger partial charge on any atom is -0.247 e. The maximum absolute atomic E-state index is 12.9. The molecule has 1 saturated carbocycles. The van der Waals surface area contributed by atoms with Crippen molar-refractivity contribution in [1.29, 1.82) is 0 Å². The first kappa shape index (κ1) is 21.1. The number of hydrogen-bond acceptors (Lipinski definition) is 4. The third kappa shape index (κ3) is 4.18. The van der Waals surface area contributed by atoms with Gasteiger partial charge in [-0.3, -0.25) is 0 Å². The lowest BCUT2D eigenvalue weighted by Crippen LogP contribution is -2.32. The van der Waals surface area contributed by atoms with Gasteiger partial charge in [0.05, 0.1) is 17.3 Å². The Bertz CT molecular complexity index is 1250. The summed E-state index contributed by atoms with van der Waals surface area (Å²) in [7, 11) is -3.86. The second kappa shape index (κ2) is 8.19. The molecule has 1 fully saturated rings. The number of halogens is 2. The van der Waals surface area contributed by atoms with Crippen molar-refractivity contribution in [2.45, 2.75) is 37.1 Å². The van der Waals surface area contributed by atoms with Crippen molar-refractivity contribution >= 4 is 33.2 Å². The minimum absolute atomic E-state index is 0.00382. The Balaban J connectivity index is 1.55. The molecular weight excluding hydrogens is 447 g/mol. The average molecular weight is 467 g/mol. The van der Waals surface area contributed by atoms with Gasteiger partial charge in [0, 0.05) is 17.5 Å². The van der Waals surface area contributed by atoms with E-state index in [1.165, 1.54) is 16.8 Å². The number of aromatic nitrogens is 3. The fourth-order valence-corrected chi connectivity index (χ4v) is 5.05. The van der Waals surface area contributed by atoms with Crippen molar-refractivity contribution < 1.29 is 8.42 Å². The zero-order valence-corrected chi connectivity index (χ0v) is 18.5. The van der Waals surface area contributed by atoms with Crippen LogP contribution in [0.3, 0.4) is 0 Å². The highest BCUT2D eigenvalue weighted by Crippen LogP contribution is 2.39. The van der Waals surface area contributed by atoms with Crippen molar-refractivity contribution in [2.75, 3.05) is 6.54 Å². The summed E-state index contributed by atoms with van der Waals surface area (Å²) in [6, 6.07) is 12.1. The summed E-state index contributed by atoms with van der Waals surface area (Å²) in [6.07, 6.45) is 1.98. The molecule has 0 unspecified atom stereocenters. The van der Waals surface area contributed by atoms with Crippen LogP contribution in [0.15, 0.2) is 52.2 Å². The fraction of sp³-hybridized carbons (Fsp3) is 0.300. The van der Waals surface area contributed by atoms with Crippen molar-refractivity contribution in [2.24, 2.45) is 0 Å². The van der Waals surface area contributed by atoms with Gasteiger partial charge in [-0.15, -0.1) is 0 Å². The molecule has 7 nitrogen and oxygen atoms in total. The summed E-state index contributed by atoms with van der Waals surface area (Å²) in [5, 5.41) is 4.91. The molecule has 1 aliphatic rings. The zero-order valence-electron chi connectivity index (χ0n) is 16.2. The second-order valence-electron chi connectivity index (χ2n) is 7.24. The van der Waals surface area contributed by atoms with Crippen LogP contribution in [-0.4, -0.2) is 29.3 Å². The second-order valence-corrected chi connectivity index (χ2v) is 9.79. The first-order valence-electron chi connectivity index (χ1n) is 9.48. The molecule has 1 heterocycles. The normalized spacial score (nSPS) is 14.2. The van der Waals surface area contributed by atoms with Gasteiger partial charge in [-0.1, -0.05) is 41.4 Å². The molecule has 10 heteroatoms. The van der Waals surface area contributed by atoms with Crippen molar-refractivity contribution in [3.05, 3.63) is 74.4 Å². The molecule has 30 heavy (non-hydrogen) atoms. The first-order chi connectivity index (χ1) is 14.3. The van der Waals surface area contributed by atoms with Gasteiger partial charge >= 0.3 is 5.69 Å². The first-order valence-corrected chi connectivity index (χ1v) is 11.7. The molecule has 0 atom stereocenters. The Kier molecular flexibility index (Phi) is 5.76. The van der Waals surface area contributed by atoms with E-state index in [2.05, 4.69) is 9.82 Å². The number of para-hydroxylation sites is 1. The smallest absolute Gasteiger partial charge is 0.247 e. The molecule has 3 aromatic rings. The van der Waals surface area contributed by atoms with E-state index in [1.807, 2.05) is 30.3 Å². The lowest BCUT2D eigenvalue weighted by Gasteiger charge is -2.10. The van der Waals surface area contributed by atoms with Crippen molar-refractivity contribution in [3.8, 4) is 5.69 Å². The molecule has 0 spiro atoms. The number of hydrogen-bond donors (Lipinski definition) is 1. The summed E-state index contributed by atoms with van der Waals surface area (Å²) in [4.78, 5) is 12.9. The molecule has 1 N–H and O–H groups in total. The van der Waals surface area contributed by atoms with Gasteiger partial charge in [0.15, 0.2) is 0 Å². The number of aryl methyl sites for hydroxylation is 1. The molecule has 0 radical (unpaired) electrons. The highest BCUT2D eigenvalue weighted by atomic mass is 35.5. The number of nitrogens with one attached hydrogen (secondary N) is 1. The van der Waals surface area contributed by atoms with E-state index in [4.69, 9.17) is 23.2 Å². The maximum Gasteiger partial charge on any atom is 0.350 e. The quantitative estimate of drug-likeness (QED) is 0.577. The summed E-state index contributed by atoms with van der Waals surface area (Å²) in [5.41, 5.74) is 1.07. The monoisotopic (exact) mass is 466 g/mol. The van der Waals surface area contributed by atoms with Gasteiger partial charge in [-0.05, 0) is 49.6 Å². The topological polar surface area (TPSA) is 86.0 Å². The predicted octanol–water partition coefficient (Wildman–Crippen LogP) is 3.51. The highest BCUT2D eigenvalue weighted by Gasteiger charge is 2.31. The van der Waals surface area contributed by atoms with Gasteiger partial charge in [0.2, 0.25) is 10.0 Å². The molecule has 0 bridgehead atoms. The average Bonchev–Trinajstić information content (AvgIpc) is 3.50. The Morgan fingerprint density at radius 3 is 2.50 bits per heavy atom. The predicted molar refractivity (Wildman–Crippen MR) is 116 cm³/mol. The van der Waals surface area contributed by atoms with Gasteiger partial charge in [0.25, 0.3) is 0 Å². The van der Waals surface area contributed by atoms with Crippen LogP contribution in [0.4, 0.5) is 0 Å². The van der Waals surface area contributed by atoms with E-state index in [0.29, 0.717) is 16.4 Å². The third-order valence-corrected chi connectivity index (χ3v) is 7.27. The summed E-state index contributed by atoms with van der Waals surface area (Å²) >= 11 is 12.1. The summed E-state index contributed by atoms with van der Waals surface area (Å²) < 4.78 is 30.7. The van der Waals surface area contributed by atoms with Gasteiger partial charge in [-0.25, -0.2) is 27.2 Å². The molecule has 2 aromatic carbocycles. The van der Waals surface area contributed by atoms with Crippen LogP contribution >= 0.6 is 23.2 Å². The minimum atomic E-state index is -3.86. The van der Waals surface area contributed by atoms with Crippen LogP contribution in [0, 0.1) is 6.92 Å². The lowest BCUT2D eigenvalue weighted by atomic mass is 10.2. The number of benzene rings is 2. The molecule has 1 aliphatic carbocycles. The van der Waals surface area contributed by atoms with E-state index in [9.17, 15) is 13.2 Å². The fourth-order valence-electron chi connectivity index (χ4n) is 3.20. The van der Waals surface area contributed by atoms with E-state index < -0.39 is 10.0 Å². The van der Waals surface area contributed by atoms with Crippen molar-refractivity contribution in [3.63, 3.8) is 0 Å². The van der Waals surface area contributed by atoms with E-state index in [1.54, 1.807) is 11.5 Å². The van der Waals surface area contributed by atoms with Gasteiger partial charge in [-0.2, -0.15) is 5.10 Å². The molecule has 0 aliphatic heterocycles. The summed E-state index contributed by atoms with van der Waals surface area (Å²) in [6.45, 7) is 1.80. The van der Waals surface area contributed by atoms with Crippen LogP contribution in [0.25, 0.3) is 5.69 Å². The zero-order chi connectivity index (χ0) is 21.5. The molecule has 1 aromatic heterocycles. The third-order valence-electron chi connectivity index (χ3n) is 4.94. The van der Waals surface area contributed by atoms with Crippen LogP contribution in [0.1, 0.15) is 30.1 Å². The Morgan fingerprint density at radius 1 is 1.13 bits per heavy atom. The van der Waals surface area contributed by atoms with Crippen LogP contribution in [0.5, 0.6) is 0 Å². The standard InChI is InChI=1S/C20H20Cl2N4O3S/c1-13-11-18(17(22)12-16(13)21)30(28,29)23-9-10-25-20(27)26(15-5-3-2-4-6-15)19(24-25)14-7-8-14/h2-6,11-12,14,23H,7-10H2,1H3. The van der Waals surface area contributed by atoms with E-state index in [0.717, 1.165) is 18.5 Å². The maximum atomic E-state index is 12.9. The molecule has 158 valence electrons. The lowest BCUT2D eigenvalue weighted by molar-refractivity contribution is 0.550. The Hall–Kier alpha value is -2.13. The van der Waals surface area contributed by atoms with Crippen LogP contribution < -0.4 is 10.4 Å². The Labute approximate surface area is 184 Å². The van der Waals surface area contributed by atoms with Crippen LogP contribution in [-0.2, 0) is 16.6 Å². The number of rotatable bonds is 7. The van der Waals surface area contributed by atoms with Gasteiger partial charge < -0.3 is 0 Å². The molecule has 4 rings (SSSR count). The highest BCUT2D eigenvalue weighted by molar-refractivity contribution is 7.89. The SMILES string of the molecule is Cc1cc(S(=O)(=O)NCCn2nc(C3CC3)n(-c3ccccc3)c2=O)c(Cl)cc1Cl. The number of nitrogens with zero attached hydrogens (tertiary/aromatic N) is 3. The molecule has 0 saturated heterocycles. The van der Waals surface area contributed by atoms with E-state index in [-0.39, 0.29) is 34.6 Å². The molecular formula is C20H20Cl2N4O3S. The largest absolute Gasteiger partial charge is 0.350 e. The van der Waals surface area contributed by atoms with Crippen molar-refractivity contribution in [1.82, 2.24) is 19.1 Å². The molecule has 0 amide bonds. The number of sulfonamides is 1. The summed E-state index contributed by atoms with van der Waals surface area (Å²) in [5.74, 6) is 0.970.